The number of benzene rings is 1. The van der Waals surface area contributed by atoms with Crippen LogP contribution in [-0.4, -0.2) is 40.7 Å². The molecular formula is C20H28N4O. The minimum absolute atomic E-state index is 0.151. The van der Waals surface area contributed by atoms with Crippen LogP contribution in [0.15, 0.2) is 24.3 Å². The number of carbonyl (C=O) groups excluding carboxylic acids is 1. The molecule has 0 radical (unpaired) electrons. The molecule has 25 heavy (non-hydrogen) atoms. The van der Waals surface area contributed by atoms with E-state index in [9.17, 15) is 4.79 Å². The number of piperidine rings is 1. The molecule has 0 bridgehead atoms. The second-order valence-corrected chi connectivity index (χ2v) is 7.07. The molecule has 1 aromatic carbocycles. The van der Waals surface area contributed by atoms with Gasteiger partial charge in [0, 0.05) is 30.8 Å². The predicted octanol–water partition coefficient (Wildman–Crippen LogP) is 2.76. The Bertz CT molecular complexity index is 759. The lowest BCUT2D eigenvalue weighted by atomic mass is 9.96. The molecule has 5 heteroatoms. The molecular weight excluding hydrogens is 312 g/mol. The Hall–Kier alpha value is -2.14. The van der Waals surface area contributed by atoms with Gasteiger partial charge in [-0.15, -0.1) is 0 Å². The fourth-order valence-corrected chi connectivity index (χ4v) is 3.64. The molecule has 1 fully saturated rings. The zero-order valence-corrected chi connectivity index (χ0v) is 15.7. The highest BCUT2D eigenvalue weighted by Gasteiger charge is 2.25. The molecule has 0 spiro atoms. The fraction of sp³-hybridized carbons (Fsp3) is 0.500. The molecule has 1 aromatic heterocycles. The lowest BCUT2D eigenvalue weighted by Gasteiger charge is -2.27. The molecule has 0 saturated carbocycles. The maximum absolute atomic E-state index is 12.7. The van der Waals surface area contributed by atoms with Crippen LogP contribution in [0.2, 0.25) is 0 Å². The van der Waals surface area contributed by atoms with Gasteiger partial charge in [0.05, 0.1) is 11.4 Å². The Morgan fingerprint density at radius 1 is 1.24 bits per heavy atom. The van der Waals surface area contributed by atoms with E-state index in [1.807, 2.05) is 35.7 Å². The summed E-state index contributed by atoms with van der Waals surface area (Å²) in [4.78, 5) is 14.6. The zero-order chi connectivity index (χ0) is 18.0. The van der Waals surface area contributed by atoms with E-state index < -0.39 is 0 Å². The van der Waals surface area contributed by atoms with Gasteiger partial charge < -0.3 is 10.2 Å². The number of nitrogens with zero attached hydrogens (tertiary/aromatic N) is 3. The SMILES string of the molecule is Cc1ccccc1-n1nc(C)c(CN(C)C(=O)C2CCNCC2)c1C. The summed E-state index contributed by atoms with van der Waals surface area (Å²) in [5, 5.41) is 8.05. The van der Waals surface area contributed by atoms with E-state index in [0.717, 1.165) is 48.6 Å². The number of para-hydroxylation sites is 1. The molecule has 1 aliphatic heterocycles. The molecule has 1 saturated heterocycles. The van der Waals surface area contributed by atoms with Gasteiger partial charge in [-0.2, -0.15) is 5.10 Å². The van der Waals surface area contributed by atoms with E-state index in [-0.39, 0.29) is 11.8 Å². The van der Waals surface area contributed by atoms with Crippen LogP contribution < -0.4 is 5.32 Å². The summed E-state index contributed by atoms with van der Waals surface area (Å²) in [5.41, 5.74) is 5.54. The standard InChI is InChI=1S/C20H28N4O/c1-14-7-5-6-8-19(14)24-16(3)18(15(2)22-24)13-23(4)20(25)17-9-11-21-12-10-17/h5-8,17,21H,9-13H2,1-4H3. The minimum Gasteiger partial charge on any atom is -0.341 e. The van der Waals surface area contributed by atoms with Crippen LogP contribution in [0.3, 0.4) is 0 Å². The first-order valence-electron chi connectivity index (χ1n) is 9.06. The second kappa shape index (κ2) is 7.40. The Morgan fingerprint density at radius 2 is 1.92 bits per heavy atom. The number of aromatic nitrogens is 2. The number of amides is 1. The number of hydrogen-bond donors (Lipinski definition) is 1. The maximum atomic E-state index is 12.7. The molecule has 1 amide bonds. The fourth-order valence-electron chi connectivity index (χ4n) is 3.64. The third kappa shape index (κ3) is 3.61. The van der Waals surface area contributed by atoms with Crippen LogP contribution in [-0.2, 0) is 11.3 Å². The maximum Gasteiger partial charge on any atom is 0.225 e. The van der Waals surface area contributed by atoms with Gasteiger partial charge in [0.25, 0.3) is 0 Å². The van der Waals surface area contributed by atoms with Gasteiger partial charge in [0.2, 0.25) is 5.91 Å². The van der Waals surface area contributed by atoms with Crippen molar-refractivity contribution in [2.24, 2.45) is 5.92 Å². The highest BCUT2D eigenvalue weighted by molar-refractivity contribution is 5.78. The average Bonchev–Trinajstić information content (AvgIpc) is 2.90. The van der Waals surface area contributed by atoms with E-state index >= 15 is 0 Å². The predicted molar refractivity (Wildman–Crippen MR) is 99.8 cm³/mol. The summed E-state index contributed by atoms with van der Waals surface area (Å²) in [7, 11) is 1.91. The van der Waals surface area contributed by atoms with Gasteiger partial charge in [0.1, 0.15) is 0 Å². The van der Waals surface area contributed by atoms with E-state index in [4.69, 9.17) is 5.10 Å². The molecule has 1 aliphatic rings. The summed E-state index contributed by atoms with van der Waals surface area (Å²) in [6, 6.07) is 8.25. The molecule has 2 aromatic rings. The largest absolute Gasteiger partial charge is 0.341 e. The first-order valence-corrected chi connectivity index (χ1v) is 9.06. The molecule has 0 unspecified atom stereocenters. The van der Waals surface area contributed by atoms with Crippen molar-refractivity contribution in [1.82, 2.24) is 20.0 Å². The highest BCUT2D eigenvalue weighted by Crippen LogP contribution is 2.23. The topological polar surface area (TPSA) is 50.2 Å². The van der Waals surface area contributed by atoms with E-state index in [1.54, 1.807) is 0 Å². The van der Waals surface area contributed by atoms with Crippen molar-refractivity contribution < 1.29 is 4.79 Å². The van der Waals surface area contributed by atoms with Crippen LogP contribution in [0, 0.1) is 26.7 Å². The summed E-state index contributed by atoms with van der Waals surface area (Å²) >= 11 is 0. The Labute approximate surface area is 150 Å². The van der Waals surface area contributed by atoms with E-state index in [1.165, 1.54) is 5.56 Å². The monoisotopic (exact) mass is 340 g/mol. The molecule has 3 rings (SSSR count). The van der Waals surface area contributed by atoms with E-state index in [0.29, 0.717) is 6.54 Å². The van der Waals surface area contributed by atoms with Gasteiger partial charge >= 0.3 is 0 Å². The van der Waals surface area contributed by atoms with Gasteiger partial charge in [-0.25, -0.2) is 4.68 Å². The summed E-state index contributed by atoms with van der Waals surface area (Å²) < 4.78 is 2.00. The minimum atomic E-state index is 0.151. The summed E-state index contributed by atoms with van der Waals surface area (Å²) in [5.74, 6) is 0.405. The molecule has 0 atom stereocenters. The Morgan fingerprint density at radius 3 is 2.60 bits per heavy atom. The number of carbonyl (C=O) groups is 1. The van der Waals surface area contributed by atoms with E-state index in [2.05, 4.69) is 31.3 Å². The molecule has 134 valence electrons. The van der Waals surface area contributed by atoms with Gasteiger partial charge in [-0.1, -0.05) is 18.2 Å². The highest BCUT2D eigenvalue weighted by atomic mass is 16.2. The lowest BCUT2D eigenvalue weighted by Crippen LogP contribution is -2.39. The van der Waals surface area contributed by atoms with Crippen LogP contribution >= 0.6 is 0 Å². The van der Waals surface area contributed by atoms with Crippen LogP contribution in [0.4, 0.5) is 0 Å². The Kier molecular flexibility index (Phi) is 5.23. The summed E-state index contributed by atoms with van der Waals surface area (Å²) in [6.07, 6.45) is 1.87. The molecule has 2 heterocycles. The first-order chi connectivity index (χ1) is 12.0. The van der Waals surface area contributed by atoms with Crippen LogP contribution in [0.1, 0.15) is 35.4 Å². The number of rotatable bonds is 4. The quantitative estimate of drug-likeness (QED) is 0.931. The molecule has 1 N–H and O–H groups in total. The third-order valence-corrected chi connectivity index (χ3v) is 5.24. The lowest BCUT2D eigenvalue weighted by molar-refractivity contribution is -0.135. The first kappa shape index (κ1) is 17.7. The molecule has 0 aliphatic carbocycles. The number of aryl methyl sites for hydroxylation is 2. The van der Waals surface area contributed by atoms with Crippen molar-refractivity contribution >= 4 is 5.91 Å². The third-order valence-electron chi connectivity index (χ3n) is 5.24. The van der Waals surface area contributed by atoms with Crippen molar-refractivity contribution in [3.63, 3.8) is 0 Å². The van der Waals surface area contributed by atoms with Crippen LogP contribution in [0.25, 0.3) is 5.69 Å². The van der Waals surface area contributed by atoms with Crippen LogP contribution in [0.5, 0.6) is 0 Å². The van der Waals surface area contributed by atoms with Crippen molar-refractivity contribution in [2.75, 3.05) is 20.1 Å². The van der Waals surface area contributed by atoms with Crippen molar-refractivity contribution in [1.29, 1.82) is 0 Å². The average molecular weight is 340 g/mol. The normalized spacial score (nSPS) is 15.4. The second-order valence-electron chi connectivity index (χ2n) is 7.07. The summed E-state index contributed by atoms with van der Waals surface area (Å²) in [6.45, 7) is 8.70. The van der Waals surface area contributed by atoms with Gasteiger partial charge in [-0.3, -0.25) is 4.79 Å². The number of hydrogen-bond acceptors (Lipinski definition) is 3. The zero-order valence-electron chi connectivity index (χ0n) is 15.7. The van der Waals surface area contributed by atoms with Gasteiger partial charge in [-0.05, 0) is 58.3 Å². The van der Waals surface area contributed by atoms with Gasteiger partial charge in [0.15, 0.2) is 0 Å². The van der Waals surface area contributed by atoms with Crippen molar-refractivity contribution in [3.8, 4) is 5.69 Å². The Balaban J connectivity index is 1.81. The smallest absolute Gasteiger partial charge is 0.225 e. The van der Waals surface area contributed by atoms with Crippen molar-refractivity contribution in [3.05, 3.63) is 46.8 Å². The van der Waals surface area contributed by atoms with Crippen molar-refractivity contribution in [2.45, 2.75) is 40.2 Å². The molecule has 5 nitrogen and oxygen atoms in total. The number of nitrogens with one attached hydrogen (secondary N) is 1.